The maximum absolute atomic E-state index is 12.8. The lowest BCUT2D eigenvalue weighted by Crippen LogP contribution is -2.25. The predicted molar refractivity (Wildman–Crippen MR) is 118 cm³/mol. The molecular formula is C24H22N4O3. The number of anilines is 1. The maximum Gasteiger partial charge on any atom is 0.255 e. The Labute approximate surface area is 179 Å². The van der Waals surface area contributed by atoms with Gasteiger partial charge in [0.15, 0.2) is 0 Å². The minimum atomic E-state index is -0.307. The molecule has 0 atom stereocenters. The first-order valence-electron chi connectivity index (χ1n) is 9.80. The molecule has 0 radical (unpaired) electrons. The number of methoxy groups -OCH3 is 1. The lowest BCUT2D eigenvalue weighted by molar-refractivity contribution is 0.0951. The average Bonchev–Trinajstić information content (AvgIpc) is 3.20. The van der Waals surface area contributed by atoms with Gasteiger partial charge in [-0.3, -0.25) is 9.59 Å². The van der Waals surface area contributed by atoms with Crippen LogP contribution in [0.4, 0.5) is 5.69 Å². The largest absolute Gasteiger partial charge is 0.497 e. The second kappa shape index (κ2) is 8.71. The van der Waals surface area contributed by atoms with E-state index in [0.717, 1.165) is 16.9 Å². The lowest BCUT2D eigenvalue weighted by Gasteiger charge is -2.11. The molecule has 0 aliphatic heterocycles. The summed E-state index contributed by atoms with van der Waals surface area (Å²) in [6, 6.07) is 17.6. The Kier molecular flexibility index (Phi) is 5.66. The number of ether oxygens (including phenoxy) is 1. The molecule has 0 saturated heterocycles. The molecule has 31 heavy (non-hydrogen) atoms. The van der Waals surface area contributed by atoms with E-state index >= 15 is 0 Å². The summed E-state index contributed by atoms with van der Waals surface area (Å²) in [6.45, 7) is 2.29. The van der Waals surface area contributed by atoms with E-state index in [0.29, 0.717) is 22.6 Å². The molecule has 0 aliphatic rings. The second-order valence-electron chi connectivity index (χ2n) is 7.11. The first kappa shape index (κ1) is 20.2. The van der Waals surface area contributed by atoms with E-state index in [2.05, 4.69) is 15.6 Å². The molecule has 0 fully saturated rings. The number of carbonyl (C=O) groups is 2. The van der Waals surface area contributed by atoms with Crippen molar-refractivity contribution in [2.75, 3.05) is 12.4 Å². The average molecular weight is 414 g/mol. The third-order valence-electron chi connectivity index (χ3n) is 4.87. The molecule has 2 aromatic heterocycles. The monoisotopic (exact) mass is 414 g/mol. The van der Waals surface area contributed by atoms with Crippen LogP contribution >= 0.6 is 0 Å². The molecule has 2 heterocycles. The topological polar surface area (TPSA) is 84.7 Å². The van der Waals surface area contributed by atoms with Gasteiger partial charge in [0.2, 0.25) is 0 Å². The lowest BCUT2D eigenvalue weighted by atomic mass is 10.1. The molecule has 7 heteroatoms. The number of fused-ring (bicyclic) bond motifs is 1. The van der Waals surface area contributed by atoms with Gasteiger partial charge in [-0.2, -0.15) is 0 Å². The summed E-state index contributed by atoms with van der Waals surface area (Å²) >= 11 is 0. The summed E-state index contributed by atoms with van der Waals surface area (Å²) in [7, 11) is 1.57. The highest BCUT2D eigenvalue weighted by atomic mass is 16.5. The number of hydrogen-bond acceptors (Lipinski definition) is 4. The third-order valence-corrected chi connectivity index (χ3v) is 4.87. The van der Waals surface area contributed by atoms with Crippen molar-refractivity contribution in [2.45, 2.75) is 13.5 Å². The van der Waals surface area contributed by atoms with Gasteiger partial charge < -0.3 is 19.8 Å². The van der Waals surface area contributed by atoms with Crippen LogP contribution in [-0.2, 0) is 6.54 Å². The Balaban J connectivity index is 1.46. The minimum Gasteiger partial charge on any atom is -0.497 e. The maximum atomic E-state index is 12.8. The fourth-order valence-electron chi connectivity index (χ4n) is 3.21. The summed E-state index contributed by atoms with van der Waals surface area (Å²) in [5, 5.41) is 5.69. The molecular weight excluding hydrogens is 392 g/mol. The van der Waals surface area contributed by atoms with Crippen molar-refractivity contribution >= 4 is 23.1 Å². The van der Waals surface area contributed by atoms with E-state index in [-0.39, 0.29) is 18.4 Å². The van der Waals surface area contributed by atoms with E-state index < -0.39 is 0 Å². The number of nitrogens with one attached hydrogen (secondary N) is 2. The van der Waals surface area contributed by atoms with Gasteiger partial charge in [-0.15, -0.1) is 0 Å². The number of pyridine rings is 1. The predicted octanol–water partition coefficient (Wildman–Crippen LogP) is 3.83. The number of amides is 2. The van der Waals surface area contributed by atoms with Crippen molar-refractivity contribution in [2.24, 2.45) is 0 Å². The molecule has 0 spiro atoms. The summed E-state index contributed by atoms with van der Waals surface area (Å²) in [4.78, 5) is 29.9. The quantitative estimate of drug-likeness (QED) is 0.502. The van der Waals surface area contributed by atoms with Gasteiger partial charge >= 0.3 is 0 Å². The number of rotatable bonds is 6. The summed E-state index contributed by atoms with van der Waals surface area (Å²) < 4.78 is 7.03. The fraction of sp³-hybridized carbons (Fsp3) is 0.125. The van der Waals surface area contributed by atoms with Crippen LogP contribution in [-0.4, -0.2) is 28.3 Å². The van der Waals surface area contributed by atoms with Gasteiger partial charge in [0.05, 0.1) is 30.6 Å². The van der Waals surface area contributed by atoms with Crippen LogP contribution < -0.4 is 15.4 Å². The highest BCUT2D eigenvalue weighted by molar-refractivity contribution is 6.09. The molecule has 0 aliphatic carbocycles. The zero-order chi connectivity index (χ0) is 21.8. The number of aryl methyl sites for hydroxylation is 1. The molecule has 4 rings (SSSR count). The number of hydrogen-bond donors (Lipinski definition) is 2. The number of nitrogens with zero attached hydrogens (tertiary/aromatic N) is 2. The van der Waals surface area contributed by atoms with Crippen molar-refractivity contribution in [1.82, 2.24) is 14.7 Å². The van der Waals surface area contributed by atoms with E-state index in [9.17, 15) is 9.59 Å². The Morgan fingerprint density at radius 1 is 1.03 bits per heavy atom. The van der Waals surface area contributed by atoms with Crippen LogP contribution in [0.2, 0.25) is 0 Å². The van der Waals surface area contributed by atoms with Crippen LogP contribution in [0.25, 0.3) is 5.65 Å². The van der Waals surface area contributed by atoms with Crippen molar-refractivity contribution in [3.8, 4) is 5.75 Å². The summed E-state index contributed by atoms with van der Waals surface area (Å²) in [5.41, 5.74) is 3.98. The Hall–Kier alpha value is -4.13. The molecule has 0 unspecified atom stereocenters. The van der Waals surface area contributed by atoms with E-state index in [1.54, 1.807) is 55.6 Å². The zero-order valence-electron chi connectivity index (χ0n) is 17.3. The van der Waals surface area contributed by atoms with Gasteiger partial charge in [0.25, 0.3) is 11.8 Å². The van der Waals surface area contributed by atoms with E-state index in [1.807, 2.05) is 35.9 Å². The number of imidazole rings is 1. The Morgan fingerprint density at radius 2 is 1.81 bits per heavy atom. The first-order chi connectivity index (χ1) is 15.0. The smallest absolute Gasteiger partial charge is 0.255 e. The number of aromatic nitrogens is 2. The minimum absolute atomic E-state index is 0.278. The summed E-state index contributed by atoms with van der Waals surface area (Å²) in [5.74, 6) is 0.0657. The van der Waals surface area contributed by atoms with Crippen molar-refractivity contribution in [3.05, 3.63) is 95.4 Å². The molecule has 2 amide bonds. The van der Waals surface area contributed by atoms with Gasteiger partial charge in [-0.05, 0) is 61.0 Å². The van der Waals surface area contributed by atoms with Gasteiger partial charge in [-0.25, -0.2) is 4.98 Å². The third kappa shape index (κ3) is 4.56. The highest BCUT2D eigenvalue weighted by Gasteiger charge is 2.14. The van der Waals surface area contributed by atoms with Gasteiger partial charge in [-0.1, -0.05) is 12.1 Å². The molecule has 4 aromatic rings. The molecule has 7 nitrogen and oxygen atoms in total. The van der Waals surface area contributed by atoms with Crippen LogP contribution in [0.5, 0.6) is 5.75 Å². The van der Waals surface area contributed by atoms with E-state index in [1.165, 1.54) is 0 Å². The van der Waals surface area contributed by atoms with Crippen LogP contribution in [0.15, 0.2) is 73.1 Å². The number of carbonyl (C=O) groups excluding carboxylic acids is 2. The molecule has 0 saturated carbocycles. The number of benzene rings is 2. The van der Waals surface area contributed by atoms with Crippen molar-refractivity contribution in [3.63, 3.8) is 0 Å². The molecule has 0 bridgehead atoms. The van der Waals surface area contributed by atoms with Gasteiger partial charge in [0.1, 0.15) is 11.4 Å². The van der Waals surface area contributed by atoms with Crippen LogP contribution in [0.1, 0.15) is 32.0 Å². The zero-order valence-corrected chi connectivity index (χ0v) is 17.3. The highest BCUT2D eigenvalue weighted by Crippen LogP contribution is 2.18. The first-order valence-corrected chi connectivity index (χ1v) is 9.80. The van der Waals surface area contributed by atoms with Crippen LogP contribution in [0, 0.1) is 6.92 Å². The van der Waals surface area contributed by atoms with Crippen molar-refractivity contribution in [1.29, 1.82) is 0 Å². The summed E-state index contributed by atoms with van der Waals surface area (Å²) in [6.07, 6.45) is 3.82. The van der Waals surface area contributed by atoms with Crippen LogP contribution in [0.3, 0.4) is 0 Å². The second-order valence-corrected chi connectivity index (χ2v) is 7.11. The number of para-hydroxylation sites is 1. The fourth-order valence-corrected chi connectivity index (χ4v) is 3.21. The molecule has 2 aromatic carbocycles. The Bertz CT molecular complexity index is 1250. The SMILES string of the molecule is COc1ccc(C(=O)Nc2ccccc2C(=O)NCc2cn3ccc(C)cc3n2)cc1. The van der Waals surface area contributed by atoms with Crippen molar-refractivity contribution < 1.29 is 14.3 Å². The van der Waals surface area contributed by atoms with E-state index in [4.69, 9.17) is 4.74 Å². The molecule has 156 valence electrons. The Morgan fingerprint density at radius 3 is 2.58 bits per heavy atom. The molecule has 2 N–H and O–H groups in total. The normalized spacial score (nSPS) is 10.6. The standard InChI is InChI=1S/C24H22N4O3/c1-16-11-12-28-15-18(26-22(28)13-16)14-25-24(30)20-5-3-4-6-21(20)27-23(29)17-7-9-19(31-2)10-8-17/h3-13,15H,14H2,1-2H3,(H,25,30)(H,27,29). The van der Waals surface area contributed by atoms with Gasteiger partial charge in [0, 0.05) is 18.0 Å².